The van der Waals surface area contributed by atoms with E-state index in [-0.39, 0.29) is 31.2 Å². The molecule has 0 radical (unpaired) electrons. The third-order valence-electron chi connectivity index (χ3n) is 4.27. The number of aryl methyl sites for hydroxylation is 2. The van der Waals surface area contributed by atoms with E-state index in [0.29, 0.717) is 12.4 Å². The monoisotopic (exact) mass is 354 g/mol. The first-order chi connectivity index (χ1) is 12.5. The third kappa shape index (κ3) is 4.36. The molecule has 1 aromatic carbocycles. The van der Waals surface area contributed by atoms with E-state index >= 15 is 0 Å². The zero-order chi connectivity index (χ0) is 18.5. The first-order valence-electron chi connectivity index (χ1n) is 8.66. The normalized spacial score (nSPS) is 13.6. The fourth-order valence-electron chi connectivity index (χ4n) is 2.70. The second-order valence-corrected chi connectivity index (χ2v) is 6.21. The van der Waals surface area contributed by atoms with Crippen LogP contribution in [0, 0.1) is 13.8 Å². The van der Waals surface area contributed by atoms with Gasteiger partial charge in [-0.1, -0.05) is 30.3 Å². The average molecular weight is 354 g/mol. The van der Waals surface area contributed by atoms with Crippen molar-refractivity contribution >= 4 is 17.5 Å². The van der Waals surface area contributed by atoms with Gasteiger partial charge in [0.2, 0.25) is 17.7 Å². The first-order valence-corrected chi connectivity index (χ1v) is 8.66. The molecule has 26 heavy (non-hydrogen) atoms. The second-order valence-electron chi connectivity index (χ2n) is 6.21. The van der Waals surface area contributed by atoms with Crippen molar-refractivity contribution < 1.29 is 14.0 Å². The van der Waals surface area contributed by atoms with Crippen LogP contribution >= 0.6 is 0 Å². The average Bonchev–Trinajstić information content (AvgIpc) is 3.26. The van der Waals surface area contributed by atoms with Gasteiger partial charge >= 0.3 is 0 Å². The molecule has 1 aliphatic heterocycles. The Morgan fingerprint density at radius 1 is 1.19 bits per heavy atom. The number of nitrogens with one attached hydrogen (secondary N) is 1. The van der Waals surface area contributed by atoms with Crippen LogP contribution in [-0.2, 0) is 16.1 Å². The number of hydrazone groups is 1. The molecule has 0 atom stereocenters. The van der Waals surface area contributed by atoms with Crippen molar-refractivity contribution in [2.75, 3.05) is 6.54 Å². The predicted molar refractivity (Wildman–Crippen MR) is 96.4 cm³/mol. The van der Waals surface area contributed by atoms with Crippen molar-refractivity contribution in [2.24, 2.45) is 5.10 Å². The van der Waals surface area contributed by atoms with Gasteiger partial charge in [0.1, 0.15) is 5.76 Å². The largest absolute Gasteiger partial charge is 0.444 e. The Balaban J connectivity index is 1.45. The molecular weight excluding hydrogens is 332 g/mol. The Kier molecular flexibility index (Phi) is 5.46. The summed E-state index contributed by atoms with van der Waals surface area (Å²) in [5.74, 6) is 0.856. The SMILES string of the molecule is Cc1nc(CNC(=O)CCC(=O)N2CCC(c3ccccc3)=N2)oc1C. The summed E-state index contributed by atoms with van der Waals surface area (Å²) < 4.78 is 5.41. The van der Waals surface area contributed by atoms with Crippen molar-refractivity contribution in [3.05, 3.63) is 53.2 Å². The summed E-state index contributed by atoms with van der Waals surface area (Å²) in [7, 11) is 0. The molecule has 3 rings (SSSR count). The van der Waals surface area contributed by atoms with E-state index in [2.05, 4.69) is 15.4 Å². The lowest BCUT2D eigenvalue weighted by Crippen LogP contribution is -2.27. The molecular formula is C19H22N4O3. The number of hydrogen-bond donors (Lipinski definition) is 1. The number of carbonyl (C=O) groups excluding carboxylic acids is 2. The van der Waals surface area contributed by atoms with E-state index in [0.717, 1.165) is 29.2 Å². The van der Waals surface area contributed by atoms with Gasteiger partial charge in [0.25, 0.3) is 0 Å². The number of oxazole rings is 1. The minimum absolute atomic E-state index is 0.115. The quantitative estimate of drug-likeness (QED) is 0.862. The van der Waals surface area contributed by atoms with Gasteiger partial charge < -0.3 is 9.73 Å². The zero-order valence-corrected chi connectivity index (χ0v) is 15.0. The lowest BCUT2D eigenvalue weighted by molar-refractivity contribution is -0.133. The highest BCUT2D eigenvalue weighted by atomic mass is 16.4. The Bertz CT molecular complexity index is 807. The Hall–Kier alpha value is -2.96. The molecule has 1 aliphatic rings. The van der Waals surface area contributed by atoms with Crippen LogP contribution in [0.4, 0.5) is 0 Å². The van der Waals surface area contributed by atoms with Gasteiger partial charge in [0, 0.05) is 19.3 Å². The molecule has 0 aliphatic carbocycles. The predicted octanol–water partition coefficient (Wildman–Crippen LogP) is 2.32. The summed E-state index contributed by atoms with van der Waals surface area (Å²) >= 11 is 0. The lowest BCUT2D eigenvalue weighted by atomic mass is 10.1. The van der Waals surface area contributed by atoms with Crippen molar-refractivity contribution in [3.63, 3.8) is 0 Å². The number of carbonyl (C=O) groups is 2. The molecule has 1 N–H and O–H groups in total. The van der Waals surface area contributed by atoms with Crippen LogP contribution in [0.1, 0.15) is 42.2 Å². The number of rotatable bonds is 6. The molecule has 0 saturated heterocycles. The van der Waals surface area contributed by atoms with E-state index in [4.69, 9.17) is 4.42 Å². The van der Waals surface area contributed by atoms with Crippen LogP contribution < -0.4 is 5.32 Å². The standard InChI is InChI=1S/C19H22N4O3/c1-13-14(2)26-18(21-13)12-20-17(24)8-9-19(25)23-11-10-16(22-23)15-6-4-3-5-7-15/h3-7H,8-12H2,1-2H3,(H,20,24). The summed E-state index contributed by atoms with van der Waals surface area (Å²) in [6, 6.07) is 9.80. The van der Waals surface area contributed by atoms with Gasteiger partial charge in [-0.25, -0.2) is 9.99 Å². The second kappa shape index (κ2) is 7.95. The maximum absolute atomic E-state index is 12.3. The lowest BCUT2D eigenvalue weighted by Gasteiger charge is -2.11. The van der Waals surface area contributed by atoms with Gasteiger partial charge in [-0.3, -0.25) is 9.59 Å². The van der Waals surface area contributed by atoms with Crippen LogP contribution in [-0.4, -0.2) is 34.1 Å². The highest BCUT2D eigenvalue weighted by molar-refractivity contribution is 6.02. The smallest absolute Gasteiger partial charge is 0.243 e. The highest BCUT2D eigenvalue weighted by Crippen LogP contribution is 2.15. The van der Waals surface area contributed by atoms with Crippen molar-refractivity contribution in [1.82, 2.24) is 15.3 Å². The summed E-state index contributed by atoms with van der Waals surface area (Å²) in [6.45, 7) is 4.46. The maximum atomic E-state index is 12.3. The number of hydrogen-bond acceptors (Lipinski definition) is 5. The van der Waals surface area contributed by atoms with Crippen molar-refractivity contribution in [2.45, 2.75) is 39.7 Å². The zero-order valence-electron chi connectivity index (χ0n) is 15.0. The van der Waals surface area contributed by atoms with Crippen molar-refractivity contribution in [3.8, 4) is 0 Å². The molecule has 2 heterocycles. The Labute approximate surface area is 152 Å². The molecule has 0 saturated carbocycles. The van der Waals surface area contributed by atoms with E-state index in [1.54, 1.807) is 0 Å². The molecule has 2 aromatic rings. The molecule has 1 aromatic heterocycles. The molecule has 0 spiro atoms. The number of benzene rings is 1. The Morgan fingerprint density at radius 3 is 2.65 bits per heavy atom. The van der Waals surface area contributed by atoms with Gasteiger partial charge in [-0.05, 0) is 19.4 Å². The number of aromatic nitrogens is 1. The molecule has 7 heteroatoms. The fraction of sp³-hybridized carbons (Fsp3) is 0.368. The van der Waals surface area contributed by atoms with Crippen LogP contribution in [0.15, 0.2) is 39.9 Å². The van der Waals surface area contributed by atoms with Crippen LogP contribution in [0.2, 0.25) is 0 Å². The summed E-state index contributed by atoms with van der Waals surface area (Å²) in [5.41, 5.74) is 2.74. The maximum Gasteiger partial charge on any atom is 0.243 e. The molecule has 2 amide bonds. The van der Waals surface area contributed by atoms with Gasteiger partial charge in [0.05, 0.1) is 24.5 Å². The molecule has 0 bridgehead atoms. The van der Waals surface area contributed by atoms with Gasteiger partial charge in [-0.15, -0.1) is 0 Å². The van der Waals surface area contributed by atoms with Crippen molar-refractivity contribution in [1.29, 1.82) is 0 Å². The molecule has 7 nitrogen and oxygen atoms in total. The Morgan fingerprint density at radius 2 is 1.96 bits per heavy atom. The summed E-state index contributed by atoms with van der Waals surface area (Å²) in [6.07, 6.45) is 0.968. The molecule has 0 unspecified atom stereocenters. The van der Waals surface area contributed by atoms with E-state index < -0.39 is 0 Å². The van der Waals surface area contributed by atoms with E-state index in [9.17, 15) is 9.59 Å². The van der Waals surface area contributed by atoms with E-state index in [1.165, 1.54) is 5.01 Å². The van der Waals surface area contributed by atoms with E-state index in [1.807, 2.05) is 44.2 Å². The van der Waals surface area contributed by atoms with Crippen LogP contribution in [0.5, 0.6) is 0 Å². The molecule has 136 valence electrons. The summed E-state index contributed by atoms with van der Waals surface area (Å²) in [4.78, 5) is 28.4. The van der Waals surface area contributed by atoms with Crippen LogP contribution in [0.25, 0.3) is 0 Å². The summed E-state index contributed by atoms with van der Waals surface area (Å²) in [5, 5.41) is 8.56. The number of amides is 2. The molecule has 0 fully saturated rings. The number of nitrogens with zero attached hydrogens (tertiary/aromatic N) is 3. The van der Waals surface area contributed by atoms with Crippen LogP contribution in [0.3, 0.4) is 0 Å². The minimum atomic E-state index is -0.210. The minimum Gasteiger partial charge on any atom is -0.444 e. The third-order valence-corrected chi connectivity index (χ3v) is 4.27. The van der Waals surface area contributed by atoms with Gasteiger partial charge in [-0.2, -0.15) is 5.10 Å². The highest BCUT2D eigenvalue weighted by Gasteiger charge is 2.21. The topological polar surface area (TPSA) is 87.8 Å². The van der Waals surface area contributed by atoms with Gasteiger partial charge in [0.15, 0.2) is 0 Å². The first kappa shape index (κ1) is 17.8. The fourth-order valence-corrected chi connectivity index (χ4v) is 2.70.